The minimum absolute atomic E-state index is 0.0598. The van der Waals surface area contributed by atoms with Crippen molar-refractivity contribution in [2.24, 2.45) is 0 Å². The zero-order chi connectivity index (χ0) is 19.7. The van der Waals surface area contributed by atoms with Crippen LogP contribution in [0.5, 0.6) is 0 Å². The first kappa shape index (κ1) is 21.1. The normalized spacial score (nSPS) is 10.8. The zero-order valence-electron chi connectivity index (χ0n) is 15.5. The molecule has 0 bridgehead atoms. The Labute approximate surface area is 153 Å². The second-order valence-electron chi connectivity index (χ2n) is 5.73. The minimum atomic E-state index is -0.423. The van der Waals surface area contributed by atoms with Gasteiger partial charge in [-0.05, 0) is 45.0 Å². The van der Waals surface area contributed by atoms with Crippen LogP contribution in [0.1, 0.15) is 37.6 Å². The molecule has 1 rings (SSSR count). The lowest BCUT2D eigenvalue weighted by Gasteiger charge is -2.15. The first-order valence-electron chi connectivity index (χ1n) is 8.26. The molecule has 140 valence electrons. The average Bonchev–Trinajstić information content (AvgIpc) is 2.60. The molecule has 0 heterocycles. The molecule has 0 radical (unpaired) electrons. The van der Waals surface area contributed by atoms with Crippen molar-refractivity contribution in [1.82, 2.24) is 4.90 Å². The number of benzene rings is 1. The summed E-state index contributed by atoms with van der Waals surface area (Å²) >= 11 is 0. The largest absolute Gasteiger partial charge is 0.466 e. The quantitative estimate of drug-likeness (QED) is 0.436. The Bertz CT molecular complexity index is 707. The van der Waals surface area contributed by atoms with Gasteiger partial charge in [-0.25, -0.2) is 0 Å². The van der Waals surface area contributed by atoms with E-state index in [0.717, 1.165) is 0 Å². The van der Waals surface area contributed by atoms with Crippen LogP contribution in [0.25, 0.3) is 0 Å². The average molecular weight is 360 g/mol. The van der Waals surface area contributed by atoms with Gasteiger partial charge in [-0.3, -0.25) is 19.2 Å². The van der Waals surface area contributed by atoms with Crippen LogP contribution < -0.4 is 5.32 Å². The van der Waals surface area contributed by atoms with Gasteiger partial charge in [0.15, 0.2) is 5.78 Å². The summed E-state index contributed by atoms with van der Waals surface area (Å²) in [5.41, 5.74) is 1.30. The Morgan fingerprint density at radius 3 is 2.27 bits per heavy atom. The van der Waals surface area contributed by atoms with Crippen molar-refractivity contribution in [3.63, 3.8) is 0 Å². The summed E-state index contributed by atoms with van der Waals surface area (Å²) in [6.45, 7) is 5.20. The number of Topliss-reactive ketones (excluding diaryl/α,β-unsaturated/α-hetero) is 1. The molecule has 0 saturated heterocycles. The number of ketones is 1. The van der Waals surface area contributed by atoms with Gasteiger partial charge < -0.3 is 15.0 Å². The maximum atomic E-state index is 12.1. The molecule has 0 spiro atoms. The number of anilines is 1. The highest BCUT2D eigenvalue weighted by Crippen LogP contribution is 2.11. The standard InChI is InChI=1S/C19H24N2O5/c1-5-26-18(24)10-11-21(4)17(23)12-13(2)19(25)20-16-8-6-15(7-9-16)14(3)22/h6-9,12H,5,10-11H2,1-4H3,(H,20,25)/b13-12-. The highest BCUT2D eigenvalue weighted by atomic mass is 16.5. The molecule has 0 aliphatic heterocycles. The van der Waals surface area contributed by atoms with Gasteiger partial charge in [0.1, 0.15) is 0 Å². The van der Waals surface area contributed by atoms with Gasteiger partial charge in [0.2, 0.25) is 5.91 Å². The molecule has 0 atom stereocenters. The summed E-state index contributed by atoms with van der Waals surface area (Å²) in [5.74, 6) is -1.24. The Balaban J connectivity index is 2.61. The monoisotopic (exact) mass is 360 g/mol. The number of esters is 1. The van der Waals surface area contributed by atoms with E-state index in [4.69, 9.17) is 4.74 Å². The van der Waals surface area contributed by atoms with E-state index in [1.54, 1.807) is 38.2 Å². The lowest BCUT2D eigenvalue weighted by molar-refractivity contribution is -0.143. The minimum Gasteiger partial charge on any atom is -0.466 e. The molecule has 7 nitrogen and oxygen atoms in total. The summed E-state index contributed by atoms with van der Waals surface area (Å²) in [7, 11) is 1.55. The lowest BCUT2D eigenvalue weighted by Crippen LogP contribution is -2.28. The van der Waals surface area contributed by atoms with Crippen molar-refractivity contribution in [2.45, 2.75) is 27.2 Å². The van der Waals surface area contributed by atoms with Crippen molar-refractivity contribution < 1.29 is 23.9 Å². The highest BCUT2D eigenvalue weighted by Gasteiger charge is 2.12. The fraction of sp³-hybridized carbons (Fsp3) is 0.368. The molecule has 0 aliphatic carbocycles. The van der Waals surface area contributed by atoms with Crippen LogP contribution in [-0.2, 0) is 19.1 Å². The first-order valence-corrected chi connectivity index (χ1v) is 8.26. The van der Waals surface area contributed by atoms with Gasteiger partial charge in [0, 0.05) is 36.5 Å². The molecule has 2 amide bonds. The second kappa shape index (κ2) is 10.1. The van der Waals surface area contributed by atoms with Crippen molar-refractivity contribution in [1.29, 1.82) is 0 Å². The molecule has 1 aromatic rings. The first-order chi connectivity index (χ1) is 12.2. The molecule has 0 aliphatic rings. The van der Waals surface area contributed by atoms with E-state index >= 15 is 0 Å². The number of carbonyl (C=O) groups is 4. The summed E-state index contributed by atoms with van der Waals surface area (Å²) in [6.07, 6.45) is 1.31. The van der Waals surface area contributed by atoms with Gasteiger partial charge in [0.25, 0.3) is 5.91 Å². The van der Waals surface area contributed by atoms with Gasteiger partial charge >= 0.3 is 5.97 Å². The van der Waals surface area contributed by atoms with E-state index in [1.807, 2.05) is 0 Å². The molecule has 0 aromatic heterocycles. The van der Waals surface area contributed by atoms with Crippen LogP contribution in [0, 0.1) is 0 Å². The molecule has 0 fully saturated rings. The van der Waals surface area contributed by atoms with Gasteiger partial charge in [-0.15, -0.1) is 0 Å². The topological polar surface area (TPSA) is 92.8 Å². The highest BCUT2D eigenvalue weighted by molar-refractivity contribution is 6.07. The van der Waals surface area contributed by atoms with E-state index in [2.05, 4.69) is 5.32 Å². The lowest BCUT2D eigenvalue weighted by atomic mass is 10.1. The summed E-state index contributed by atoms with van der Waals surface area (Å²) in [4.78, 5) is 48.1. The third-order valence-electron chi connectivity index (χ3n) is 3.58. The zero-order valence-corrected chi connectivity index (χ0v) is 15.5. The van der Waals surface area contributed by atoms with Crippen LogP contribution in [0.15, 0.2) is 35.9 Å². The number of carbonyl (C=O) groups excluding carboxylic acids is 4. The summed E-state index contributed by atoms with van der Waals surface area (Å²) in [6, 6.07) is 6.47. The molecule has 0 unspecified atom stereocenters. The van der Waals surface area contributed by atoms with Crippen LogP contribution in [-0.4, -0.2) is 48.7 Å². The number of ether oxygens (including phenoxy) is 1. The summed E-state index contributed by atoms with van der Waals surface area (Å²) in [5, 5.41) is 2.66. The number of amides is 2. The van der Waals surface area contributed by atoms with E-state index < -0.39 is 5.91 Å². The predicted molar refractivity (Wildman–Crippen MR) is 97.7 cm³/mol. The third-order valence-corrected chi connectivity index (χ3v) is 3.58. The predicted octanol–water partition coefficient (Wildman–Crippen LogP) is 2.19. The SMILES string of the molecule is CCOC(=O)CCN(C)C(=O)/C=C(/C)C(=O)Nc1ccc(C(C)=O)cc1. The molecule has 1 aromatic carbocycles. The third kappa shape index (κ3) is 6.88. The number of hydrogen-bond acceptors (Lipinski definition) is 5. The molecule has 0 saturated carbocycles. The van der Waals surface area contributed by atoms with E-state index in [0.29, 0.717) is 17.9 Å². The number of hydrogen-bond donors (Lipinski definition) is 1. The molecule has 26 heavy (non-hydrogen) atoms. The molecular weight excluding hydrogens is 336 g/mol. The van der Waals surface area contributed by atoms with Crippen LogP contribution in [0.4, 0.5) is 5.69 Å². The number of likely N-dealkylation sites (N-methyl/N-ethyl adjacent to an activating group) is 1. The van der Waals surface area contributed by atoms with Crippen molar-refractivity contribution >= 4 is 29.3 Å². The van der Waals surface area contributed by atoms with Gasteiger partial charge in [-0.2, -0.15) is 0 Å². The van der Waals surface area contributed by atoms with Crippen LogP contribution in [0.3, 0.4) is 0 Å². The molecule has 1 N–H and O–H groups in total. The number of rotatable bonds is 8. The smallest absolute Gasteiger partial charge is 0.307 e. The van der Waals surface area contributed by atoms with Crippen molar-refractivity contribution in [3.05, 3.63) is 41.5 Å². The number of nitrogens with one attached hydrogen (secondary N) is 1. The van der Waals surface area contributed by atoms with Crippen LogP contribution in [0.2, 0.25) is 0 Å². The van der Waals surface area contributed by atoms with Gasteiger partial charge in [0.05, 0.1) is 13.0 Å². The van der Waals surface area contributed by atoms with Crippen molar-refractivity contribution in [2.75, 3.05) is 25.5 Å². The van der Waals surface area contributed by atoms with E-state index in [9.17, 15) is 19.2 Å². The fourth-order valence-electron chi connectivity index (χ4n) is 1.98. The second-order valence-corrected chi connectivity index (χ2v) is 5.73. The maximum absolute atomic E-state index is 12.1. The molecular formula is C19H24N2O5. The summed E-state index contributed by atoms with van der Waals surface area (Å²) < 4.78 is 4.80. The number of nitrogens with zero attached hydrogens (tertiary/aromatic N) is 1. The van der Waals surface area contributed by atoms with E-state index in [1.165, 1.54) is 24.8 Å². The Morgan fingerprint density at radius 2 is 1.73 bits per heavy atom. The fourth-order valence-corrected chi connectivity index (χ4v) is 1.98. The van der Waals surface area contributed by atoms with E-state index in [-0.39, 0.29) is 36.2 Å². The van der Waals surface area contributed by atoms with Crippen molar-refractivity contribution in [3.8, 4) is 0 Å². The molecule has 7 heteroatoms. The Kier molecular flexibility index (Phi) is 8.21. The Morgan fingerprint density at radius 1 is 1.12 bits per heavy atom. The Hall–Kier alpha value is -2.96. The van der Waals surface area contributed by atoms with Gasteiger partial charge in [-0.1, -0.05) is 0 Å². The maximum Gasteiger partial charge on any atom is 0.307 e. The van der Waals surface area contributed by atoms with Crippen LogP contribution >= 0.6 is 0 Å².